The van der Waals surface area contributed by atoms with Crippen molar-refractivity contribution in [2.75, 3.05) is 41.0 Å². The van der Waals surface area contributed by atoms with Gasteiger partial charge < -0.3 is 23.8 Å². The Balaban J connectivity index is 4.23. The maximum Gasteiger partial charge on any atom is 0.362 e. The van der Waals surface area contributed by atoms with Crippen LogP contribution in [0, 0.1) is 0 Å². The number of allylic oxidation sites excluding steroid dienone is 10. The van der Waals surface area contributed by atoms with Crippen LogP contribution in [0.15, 0.2) is 60.8 Å². The quantitative estimate of drug-likeness (QED) is 0.0213. The Labute approximate surface area is 394 Å². The minimum absolute atomic E-state index is 0.0550. The van der Waals surface area contributed by atoms with Gasteiger partial charge >= 0.3 is 17.9 Å². The van der Waals surface area contributed by atoms with Gasteiger partial charge in [0.15, 0.2) is 12.1 Å². The maximum absolute atomic E-state index is 12.8. The van der Waals surface area contributed by atoms with Gasteiger partial charge in [-0.25, -0.2) is 4.79 Å². The van der Waals surface area contributed by atoms with E-state index in [-0.39, 0.29) is 36.2 Å². The Kier molecular flexibility index (Phi) is 44.4. The maximum atomic E-state index is 12.8. The molecule has 0 aromatic heterocycles. The van der Waals surface area contributed by atoms with E-state index in [2.05, 4.69) is 74.6 Å². The topological polar surface area (TPSA) is 99.1 Å². The number of nitrogens with zero attached hydrogens (tertiary/aromatic N) is 1. The summed E-state index contributed by atoms with van der Waals surface area (Å²) in [6.07, 6.45) is 58.4. The number of unbranched alkanes of at least 4 members (excludes halogenated alkanes) is 24. The van der Waals surface area contributed by atoms with Crippen molar-refractivity contribution in [3.8, 4) is 0 Å². The molecule has 370 valence electrons. The van der Waals surface area contributed by atoms with E-state index >= 15 is 0 Å². The number of hydrogen-bond donors (Lipinski definition) is 1. The van der Waals surface area contributed by atoms with Crippen LogP contribution in [0.2, 0.25) is 0 Å². The second-order valence-corrected chi connectivity index (χ2v) is 18.8. The minimum Gasteiger partial charge on any atom is -0.477 e. The second kappa shape index (κ2) is 46.6. The Morgan fingerprint density at radius 2 is 0.922 bits per heavy atom. The van der Waals surface area contributed by atoms with E-state index in [0.717, 1.165) is 57.8 Å². The van der Waals surface area contributed by atoms with Crippen LogP contribution in [0.25, 0.3) is 0 Å². The number of carbonyl (C=O) groups excluding carboxylic acids is 2. The van der Waals surface area contributed by atoms with E-state index in [4.69, 9.17) is 14.2 Å². The average molecular weight is 899 g/mol. The molecule has 0 spiro atoms. The van der Waals surface area contributed by atoms with Crippen LogP contribution in [0.1, 0.15) is 226 Å². The molecule has 0 amide bonds. The molecule has 0 saturated heterocycles. The monoisotopic (exact) mass is 899 g/mol. The Morgan fingerprint density at radius 1 is 0.500 bits per heavy atom. The van der Waals surface area contributed by atoms with Gasteiger partial charge in [0.1, 0.15) is 6.61 Å². The first-order valence-electron chi connectivity index (χ1n) is 26.3. The Hall–Kier alpha value is -2.97. The van der Waals surface area contributed by atoms with Gasteiger partial charge in [-0.3, -0.25) is 9.59 Å². The lowest BCUT2D eigenvalue weighted by molar-refractivity contribution is -0.887. The molecule has 0 heterocycles. The van der Waals surface area contributed by atoms with Crippen molar-refractivity contribution in [3.63, 3.8) is 0 Å². The molecule has 2 atom stereocenters. The zero-order chi connectivity index (χ0) is 47.0. The fourth-order valence-corrected chi connectivity index (χ4v) is 7.63. The number of carboxylic acid groups (broad SMARTS) is 1. The molecule has 0 bridgehead atoms. The summed E-state index contributed by atoms with van der Waals surface area (Å²) in [5.74, 6) is -1.47. The number of esters is 2. The predicted octanol–water partition coefficient (Wildman–Crippen LogP) is 15.3. The molecule has 0 aromatic rings. The van der Waals surface area contributed by atoms with Crippen molar-refractivity contribution in [2.45, 2.75) is 238 Å². The zero-order valence-electron chi connectivity index (χ0n) is 42.2. The van der Waals surface area contributed by atoms with E-state index in [9.17, 15) is 19.5 Å². The van der Waals surface area contributed by atoms with Gasteiger partial charge in [0.05, 0.1) is 34.4 Å². The average Bonchev–Trinajstić information content (AvgIpc) is 3.26. The molecule has 0 aliphatic carbocycles. The molecule has 0 aliphatic rings. The number of ether oxygens (including phenoxy) is 3. The lowest BCUT2D eigenvalue weighted by Gasteiger charge is -2.31. The third-order valence-corrected chi connectivity index (χ3v) is 11.7. The highest BCUT2D eigenvalue weighted by Crippen LogP contribution is 2.15. The molecule has 8 heteroatoms. The van der Waals surface area contributed by atoms with Gasteiger partial charge in [-0.05, 0) is 70.6 Å². The lowest BCUT2D eigenvalue weighted by Crippen LogP contribution is -2.50. The van der Waals surface area contributed by atoms with E-state index in [1.807, 2.05) is 21.1 Å². The van der Waals surface area contributed by atoms with Crippen molar-refractivity contribution < 1.29 is 38.2 Å². The van der Waals surface area contributed by atoms with Gasteiger partial charge in [-0.1, -0.05) is 197 Å². The van der Waals surface area contributed by atoms with Crippen LogP contribution < -0.4 is 0 Å². The van der Waals surface area contributed by atoms with Gasteiger partial charge in [-0.15, -0.1) is 0 Å². The molecule has 8 nitrogen and oxygen atoms in total. The fraction of sp³-hybridized carbons (Fsp3) is 0.768. The first kappa shape index (κ1) is 61.0. The lowest BCUT2D eigenvalue weighted by atomic mass is 10.0. The SMILES string of the molecule is CC/C=C/C/C=C/C/C=C/CCCCCCCCCCCCC(=O)OC(COCCC(C(=O)O)[N+](C)(C)C)COC(=O)CCCCCCCCCCCC/C=C/C=C/CCCCCC. The molecule has 1 N–H and O–H groups in total. The molecule has 0 fully saturated rings. The van der Waals surface area contributed by atoms with Crippen LogP contribution in [-0.4, -0.2) is 80.6 Å². The zero-order valence-corrected chi connectivity index (χ0v) is 42.2. The van der Waals surface area contributed by atoms with Crippen molar-refractivity contribution in [3.05, 3.63) is 60.8 Å². The highest BCUT2D eigenvalue weighted by molar-refractivity contribution is 5.72. The summed E-state index contributed by atoms with van der Waals surface area (Å²) in [7, 11) is 5.54. The van der Waals surface area contributed by atoms with Crippen molar-refractivity contribution in [1.82, 2.24) is 0 Å². The number of carboxylic acids is 1. The van der Waals surface area contributed by atoms with Crippen LogP contribution in [0.3, 0.4) is 0 Å². The van der Waals surface area contributed by atoms with Gasteiger partial charge in [0.25, 0.3) is 0 Å². The van der Waals surface area contributed by atoms with Gasteiger partial charge in [0.2, 0.25) is 0 Å². The van der Waals surface area contributed by atoms with E-state index < -0.39 is 18.1 Å². The standard InChI is InChI=1S/C56H99NO7/c1-6-8-10-12-14-16-18-20-22-24-26-28-30-32-34-36-38-40-42-44-46-54(58)63-51-52(50-62-49-48-53(56(60)61)57(3,4)5)64-55(59)47-45-43-41-39-37-35-33-31-29-27-25-23-21-19-17-15-13-11-9-7-2/h9,11,15-18,20-23,52-53H,6-8,10,12-14,19,24-51H2,1-5H3/p+1/b11-9+,17-15+,18-16+,22-20+,23-21+. The summed E-state index contributed by atoms with van der Waals surface area (Å²) in [6.45, 7) is 4.62. The minimum atomic E-state index is -0.876. The van der Waals surface area contributed by atoms with E-state index in [1.165, 1.54) is 135 Å². The molecule has 2 unspecified atom stereocenters. The number of quaternary nitrogens is 1. The smallest absolute Gasteiger partial charge is 0.362 e. The molecule has 64 heavy (non-hydrogen) atoms. The second-order valence-electron chi connectivity index (χ2n) is 18.8. The number of hydrogen-bond acceptors (Lipinski definition) is 6. The van der Waals surface area contributed by atoms with Crippen molar-refractivity contribution in [2.24, 2.45) is 0 Å². The molecule has 0 rings (SSSR count). The van der Waals surface area contributed by atoms with Crippen LogP contribution in [0.4, 0.5) is 0 Å². The van der Waals surface area contributed by atoms with Crippen molar-refractivity contribution in [1.29, 1.82) is 0 Å². The normalized spacial score (nSPS) is 13.3. The summed E-state index contributed by atoms with van der Waals surface area (Å²) >= 11 is 0. The van der Waals surface area contributed by atoms with Gasteiger partial charge in [0, 0.05) is 19.3 Å². The van der Waals surface area contributed by atoms with Crippen LogP contribution in [-0.2, 0) is 28.6 Å². The first-order valence-corrected chi connectivity index (χ1v) is 26.3. The van der Waals surface area contributed by atoms with Gasteiger partial charge in [-0.2, -0.15) is 0 Å². The van der Waals surface area contributed by atoms with E-state index in [1.54, 1.807) is 0 Å². The first-order chi connectivity index (χ1) is 31.1. The van der Waals surface area contributed by atoms with Crippen molar-refractivity contribution >= 4 is 17.9 Å². The summed E-state index contributed by atoms with van der Waals surface area (Å²) in [4.78, 5) is 37.2. The third-order valence-electron chi connectivity index (χ3n) is 11.7. The number of rotatable bonds is 47. The summed E-state index contributed by atoms with van der Waals surface area (Å²) in [5, 5.41) is 9.66. The molecule has 0 radical (unpaired) electrons. The molecule has 0 aliphatic heterocycles. The Bertz CT molecular complexity index is 1230. The third kappa shape index (κ3) is 44.2. The molecular formula is C56H100NO7+. The fourth-order valence-electron chi connectivity index (χ4n) is 7.63. The summed E-state index contributed by atoms with van der Waals surface area (Å²) in [6, 6.07) is -0.618. The summed E-state index contributed by atoms with van der Waals surface area (Å²) < 4.78 is 17.4. The Morgan fingerprint density at radius 3 is 1.39 bits per heavy atom. The number of aliphatic carboxylic acids is 1. The molecule has 0 saturated carbocycles. The predicted molar refractivity (Wildman–Crippen MR) is 271 cm³/mol. The van der Waals surface area contributed by atoms with Crippen LogP contribution in [0.5, 0.6) is 0 Å². The highest BCUT2D eigenvalue weighted by atomic mass is 16.6. The number of likely N-dealkylation sites (N-methyl/N-ethyl adjacent to an activating group) is 1. The van der Waals surface area contributed by atoms with Crippen LogP contribution >= 0.6 is 0 Å². The molecular weight excluding hydrogens is 799 g/mol. The van der Waals surface area contributed by atoms with E-state index in [0.29, 0.717) is 19.3 Å². The number of carbonyl (C=O) groups is 3. The summed E-state index contributed by atoms with van der Waals surface area (Å²) in [5.41, 5.74) is 0. The largest absolute Gasteiger partial charge is 0.477 e. The molecule has 0 aromatic carbocycles. The highest BCUT2D eigenvalue weighted by Gasteiger charge is 2.31.